The molecule has 0 amide bonds. The molecule has 0 aliphatic rings. The normalized spacial score (nSPS) is 11.3. The first-order valence-electron chi connectivity index (χ1n) is 18.8. The minimum Gasteiger partial charge on any atom is -0.310 e. The highest BCUT2D eigenvalue weighted by Gasteiger charge is 2.19. The van der Waals surface area contributed by atoms with Crippen molar-refractivity contribution in [3.63, 3.8) is 0 Å². The van der Waals surface area contributed by atoms with Crippen molar-refractivity contribution >= 4 is 38.9 Å². The predicted molar refractivity (Wildman–Crippen MR) is 231 cm³/mol. The lowest BCUT2D eigenvalue weighted by molar-refractivity contribution is 1.18. The molecule has 260 valence electrons. The quantitative estimate of drug-likeness (QED) is 0.161. The number of anilines is 3. The summed E-state index contributed by atoms with van der Waals surface area (Å²) in [5, 5.41) is 2.56. The Morgan fingerprint density at radius 2 is 0.815 bits per heavy atom. The van der Waals surface area contributed by atoms with Gasteiger partial charge in [0, 0.05) is 33.5 Å². The van der Waals surface area contributed by atoms with E-state index >= 15 is 0 Å². The molecule has 54 heavy (non-hydrogen) atoms. The molecule has 1 aromatic heterocycles. The zero-order valence-corrected chi connectivity index (χ0v) is 31.2. The molecule has 9 aromatic rings. The van der Waals surface area contributed by atoms with E-state index in [0.29, 0.717) is 0 Å². The van der Waals surface area contributed by atoms with Crippen molar-refractivity contribution in [1.29, 1.82) is 0 Å². The van der Waals surface area contributed by atoms with Gasteiger partial charge in [-0.3, -0.25) is 0 Å². The van der Waals surface area contributed by atoms with E-state index < -0.39 is 0 Å². The SMILES string of the molecule is Cc1cc(-c2c(C)cc(N(c3ccccc3)c3ccc(-c4ccccc4)cc3)cc2C)c(C)cc1-c1ccc(-n2c3ccccc3c3ccccc32)cc1. The summed E-state index contributed by atoms with van der Waals surface area (Å²) in [6.45, 7) is 9.00. The van der Waals surface area contributed by atoms with Crippen LogP contribution in [0.3, 0.4) is 0 Å². The standard InChI is InChI=1S/C52H42N2/c1-35-34-49(36(2)33-48(35)41-25-29-44(30-26-41)54-50-21-13-11-19-46(50)47-20-12-14-22-51(47)54)52-37(3)31-45(32-38(52)4)53(42-17-9-6-10-18-42)43-27-23-40(24-28-43)39-15-7-5-8-16-39/h5-34H,1-4H3. The van der Waals surface area contributed by atoms with E-state index in [1.165, 1.54) is 83.1 Å². The number of fused-ring (bicyclic) bond motifs is 3. The Labute approximate surface area is 318 Å². The molecule has 2 nitrogen and oxygen atoms in total. The molecular weight excluding hydrogens is 653 g/mol. The molecule has 0 saturated heterocycles. The Morgan fingerprint density at radius 1 is 0.352 bits per heavy atom. The summed E-state index contributed by atoms with van der Waals surface area (Å²) in [6, 6.07) is 66.0. The second kappa shape index (κ2) is 13.7. The van der Waals surface area contributed by atoms with E-state index in [4.69, 9.17) is 0 Å². The van der Waals surface area contributed by atoms with Gasteiger partial charge in [0.05, 0.1) is 11.0 Å². The van der Waals surface area contributed by atoms with Gasteiger partial charge in [-0.2, -0.15) is 0 Å². The topological polar surface area (TPSA) is 8.17 Å². The molecule has 9 rings (SSSR count). The van der Waals surface area contributed by atoms with Crippen LogP contribution in [-0.2, 0) is 0 Å². The fourth-order valence-corrected chi connectivity index (χ4v) is 8.34. The Balaban J connectivity index is 1.06. The summed E-state index contributed by atoms with van der Waals surface area (Å²) in [5.41, 5.74) is 19.6. The third kappa shape index (κ3) is 5.87. The number of benzene rings is 8. The Bertz CT molecular complexity index is 2700. The van der Waals surface area contributed by atoms with E-state index in [0.717, 1.165) is 17.1 Å². The molecule has 0 unspecified atom stereocenters. The number of para-hydroxylation sites is 3. The zero-order valence-electron chi connectivity index (χ0n) is 31.2. The highest BCUT2D eigenvalue weighted by atomic mass is 15.1. The van der Waals surface area contributed by atoms with Crippen LogP contribution in [0, 0.1) is 27.7 Å². The van der Waals surface area contributed by atoms with E-state index in [-0.39, 0.29) is 0 Å². The van der Waals surface area contributed by atoms with Crippen molar-refractivity contribution in [3.8, 4) is 39.1 Å². The number of hydrogen-bond donors (Lipinski definition) is 0. The Kier molecular flexibility index (Phi) is 8.44. The van der Waals surface area contributed by atoms with E-state index in [1.807, 2.05) is 0 Å². The van der Waals surface area contributed by atoms with Crippen LogP contribution in [0.15, 0.2) is 182 Å². The fourth-order valence-electron chi connectivity index (χ4n) is 8.34. The molecule has 0 bridgehead atoms. The van der Waals surface area contributed by atoms with Crippen molar-refractivity contribution in [1.82, 2.24) is 4.57 Å². The molecule has 1 heterocycles. The summed E-state index contributed by atoms with van der Waals surface area (Å²) in [5.74, 6) is 0. The van der Waals surface area contributed by atoms with Crippen molar-refractivity contribution in [2.24, 2.45) is 0 Å². The van der Waals surface area contributed by atoms with Crippen LogP contribution < -0.4 is 4.90 Å². The molecule has 0 N–H and O–H groups in total. The third-order valence-corrected chi connectivity index (χ3v) is 10.9. The smallest absolute Gasteiger partial charge is 0.0541 e. The van der Waals surface area contributed by atoms with Crippen LogP contribution >= 0.6 is 0 Å². The summed E-state index contributed by atoms with van der Waals surface area (Å²) in [7, 11) is 0. The van der Waals surface area contributed by atoms with Gasteiger partial charge in [-0.25, -0.2) is 0 Å². The molecule has 0 spiro atoms. The minimum atomic E-state index is 1.13. The van der Waals surface area contributed by atoms with Crippen molar-refractivity contribution in [2.45, 2.75) is 27.7 Å². The summed E-state index contributed by atoms with van der Waals surface area (Å²) >= 11 is 0. The summed E-state index contributed by atoms with van der Waals surface area (Å²) in [6.07, 6.45) is 0. The highest BCUT2D eigenvalue weighted by Crippen LogP contribution is 2.41. The van der Waals surface area contributed by atoms with E-state index in [1.54, 1.807) is 0 Å². The van der Waals surface area contributed by atoms with Gasteiger partial charge in [0.2, 0.25) is 0 Å². The molecule has 0 saturated carbocycles. The first-order chi connectivity index (χ1) is 26.4. The number of aromatic nitrogens is 1. The van der Waals surface area contributed by atoms with Crippen molar-refractivity contribution in [3.05, 3.63) is 204 Å². The first kappa shape index (κ1) is 33.2. The van der Waals surface area contributed by atoms with Crippen molar-refractivity contribution in [2.75, 3.05) is 4.90 Å². The maximum absolute atomic E-state index is 2.39. The molecule has 0 fully saturated rings. The van der Waals surface area contributed by atoms with Crippen LogP contribution in [0.5, 0.6) is 0 Å². The van der Waals surface area contributed by atoms with Gasteiger partial charge in [-0.15, -0.1) is 0 Å². The average Bonchev–Trinajstić information content (AvgIpc) is 3.54. The van der Waals surface area contributed by atoms with Crippen LogP contribution in [0.1, 0.15) is 22.3 Å². The first-order valence-corrected chi connectivity index (χ1v) is 18.8. The molecule has 8 aromatic carbocycles. The van der Waals surface area contributed by atoms with Gasteiger partial charge in [-0.05, 0) is 144 Å². The second-order valence-corrected chi connectivity index (χ2v) is 14.4. The number of hydrogen-bond acceptors (Lipinski definition) is 1. The Morgan fingerprint density at radius 3 is 1.43 bits per heavy atom. The lowest BCUT2D eigenvalue weighted by Crippen LogP contribution is -2.10. The Hall–Kier alpha value is -6.64. The maximum Gasteiger partial charge on any atom is 0.0541 e. The third-order valence-electron chi connectivity index (χ3n) is 10.9. The van der Waals surface area contributed by atoms with Gasteiger partial charge in [-0.1, -0.05) is 121 Å². The number of nitrogens with zero attached hydrogens (tertiary/aromatic N) is 2. The van der Waals surface area contributed by atoms with Crippen LogP contribution in [0.2, 0.25) is 0 Å². The minimum absolute atomic E-state index is 1.13. The van der Waals surface area contributed by atoms with Gasteiger partial charge in [0.15, 0.2) is 0 Å². The number of aryl methyl sites for hydroxylation is 4. The molecular formula is C52H42N2. The van der Waals surface area contributed by atoms with Crippen LogP contribution in [0.25, 0.3) is 60.9 Å². The highest BCUT2D eigenvalue weighted by molar-refractivity contribution is 6.09. The molecule has 0 atom stereocenters. The van der Waals surface area contributed by atoms with Gasteiger partial charge in [0.1, 0.15) is 0 Å². The van der Waals surface area contributed by atoms with Gasteiger partial charge < -0.3 is 9.47 Å². The summed E-state index contributed by atoms with van der Waals surface area (Å²) in [4.78, 5) is 2.36. The molecule has 0 aliphatic carbocycles. The van der Waals surface area contributed by atoms with Crippen molar-refractivity contribution < 1.29 is 0 Å². The molecule has 0 radical (unpaired) electrons. The van der Waals surface area contributed by atoms with Crippen LogP contribution in [-0.4, -0.2) is 4.57 Å². The van der Waals surface area contributed by atoms with Gasteiger partial charge >= 0.3 is 0 Å². The monoisotopic (exact) mass is 694 g/mol. The van der Waals surface area contributed by atoms with E-state index in [9.17, 15) is 0 Å². The molecule has 2 heteroatoms. The van der Waals surface area contributed by atoms with Gasteiger partial charge in [0.25, 0.3) is 0 Å². The maximum atomic E-state index is 2.39. The van der Waals surface area contributed by atoms with E-state index in [2.05, 4.69) is 219 Å². The second-order valence-electron chi connectivity index (χ2n) is 14.4. The predicted octanol–water partition coefficient (Wildman–Crippen LogP) is 14.5. The zero-order chi connectivity index (χ0) is 36.8. The van der Waals surface area contributed by atoms with Crippen LogP contribution in [0.4, 0.5) is 17.1 Å². The number of rotatable bonds is 7. The average molecular weight is 695 g/mol. The molecule has 0 aliphatic heterocycles. The summed E-state index contributed by atoms with van der Waals surface area (Å²) < 4.78 is 2.38. The lowest BCUT2D eigenvalue weighted by atomic mass is 9.88. The fraction of sp³-hybridized carbons (Fsp3) is 0.0769. The lowest BCUT2D eigenvalue weighted by Gasteiger charge is -2.27. The largest absolute Gasteiger partial charge is 0.310 e.